The molecule has 0 spiro atoms. The minimum absolute atomic E-state index is 0.256. The average molecular weight is 367 g/mol. The van der Waals surface area contributed by atoms with Crippen LogP contribution in [0.3, 0.4) is 0 Å². The first-order valence-corrected chi connectivity index (χ1v) is 9.83. The fraction of sp³-hybridized carbons (Fsp3) is 0.435. The van der Waals surface area contributed by atoms with Crippen molar-refractivity contribution >= 4 is 5.91 Å². The van der Waals surface area contributed by atoms with Crippen LogP contribution in [0.1, 0.15) is 31.2 Å². The molecular formula is C23H29NO3. The summed E-state index contributed by atoms with van der Waals surface area (Å²) in [7, 11) is 1.64. The van der Waals surface area contributed by atoms with E-state index in [0.717, 1.165) is 50.3 Å². The van der Waals surface area contributed by atoms with Crippen molar-refractivity contribution in [3.63, 3.8) is 0 Å². The Hall–Kier alpha value is -2.49. The van der Waals surface area contributed by atoms with E-state index < -0.39 is 0 Å². The molecule has 1 saturated heterocycles. The normalized spacial score (nSPS) is 14.8. The minimum Gasteiger partial charge on any atom is -0.497 e. The van der Waals surface area contributed by atoms with Crippen molar-refractivity contribution in [2.24, 2.45) is 5.92 Å². The van der Waals surface area contributed by atoms with Crippen LogP contribution in [0.4, 0.5) is 0 Å². The zero-order valence-electron chi connectivity index (χ0n) is 16.1. The number of rotatable bonds is 8. The SMILES string of the molecule is COc1ccc(OCCCC(=O)N2CCC(Cc3ccccc3)CC2)cc1. The molecule has 1 fully saturated rings. The Labute approximate surface area is 162 Å². The number of hydrogen-bond donors (Lipinski definition) is 0. The lowest BCUT2D eigenvalue weighted by molar-refractivity contribution is -0.132. The van der Waals surface area contributed by atoms with E-state index >= 15 is 0 Å². The first-order chi connectivity index (χ1) is 13.2. The molecule has 3 rings (SSSR count). The first-order valence-electron chi connectivity index (χ1n) is 9.83. The third-order valence-corrected chi connectivity index (χ3v) is 5.20. The molecule has 0 radical (unpaired) electrons. The maximum atomic E-state index is 12.4. The fourth-order valence-corrected chi connectivity index (χ4v) is 3.58. The van der Waals surface area contributed by atoms with Crippen molar-refractivity contribution in [2.75, 3.05) is 26.8 Å². The number of ether oxygens (including phenoxy) is 2. The second-order valence-corrected chi connectivity index (χ2v) is 7.14. The van der Waals surface area contributed by atoms with E-state index in [2.05, 4.69) is 30.3 Å². The summed E-state index contributed by atoms with van der Waals surface area (Å²) < 4.78 is 10.8. The van der Waals surface area contributed by atoms with Gasteiger partial charge >= 0.3 is 0 Å². The standard InChI is InChI=1S/C23H29NO3/c1-26-21-9-11-22(12-10-21)27-17-5-8-23(25)24-15-13-20(14-16-24)18-19-6-3-2-4-7-19/h2-4,6-7,9-12,20H,5,8,13-18H2,1H3. The van der Waals surface area contributed by atoms with Crippen molar-refractivity contribution < 1.29 is 14.3 Å². The van der Waals surface area contributed by atoms with Gasteiger partial charge in [-0.3, -0.25) is 4.79 Å². The molecule has 1 heterocycles. The summed E-state index contributed by atoms with van der Waals surface area (Å²) in [6, 6.07) is 18.2. The number of likely N-dealkylation sites (tertiary alicyclic amines) is 1. The number of piperidine rings is 1. The number of hydrogen-bond acceptors (Lipinski definition) is 3. The van der Waals surface area contributed by atoms with Crippen molar-refractivity contribution in [1.82, 2.24) is 4.90 Å². The van der Waals surface area contributed by atoms with Crippen LogP contribution in [-0.2, 0) is 11.2 Å². The van der Waals surface area contributed by atoms with Crippen LogP contribution in [0, 0.1) is 5.92 Å². The minimum atomic E-state index is 0.256. The average Bonchev–Trinajstić information content (AvgIpc) is 2.73. The fourth-order valence-electron chi connectivity index (χ4n) is 3.58. The predicted molar refractivity (Wildman–Crippen MR) is 107 cm³/mol. The molecule has 144 valence electrons. The van der Waals surface area contributed by atoms with Crippen molar-refractivity contribution in [1.29, 1.82) is 0 Å². The number of amides is 1. The maximum absolute atomic E-state index is 12.4. The third kappa shape index (κ3) is 6.02. The smallest absolute Gasteiger partial charge is 0.222 e. The summed E-state index contributed by atoms with van der Waals surface area (Å²) in [5.41, 5.74) is 1.40. The van der Waals surface area contributed by atoms with Gasteiger partial charge in [-0.2, -0.15) is 0 Å². The zero-order chi connectivity index (χ0) is 18.9. The van der Waals surface area contributed by atoms with Crippen molar-refractivity contribution in [3.8, 4) is 11.5 Å². The van der Waals surface area contributed by atoms with E-state index in [9.17, 15) is 4.79 Å². The third-order valence-electron chi connectivity index (χ3n) is 5.20. The molecule has 4 heteroatoms. The molecule has 0 N–H and O–H groups in total. The molecule has 1 aliphatic heterocycles. The largest absolute Gasteiger partial charge is 0.497 e. The highest BCUT2D eigenvalue weighted by Gasteiger charge is 2.22. The van der Waals surface area contributed by atoms with Gasteiger partial charge < -0.3 is 14.4 Å². The van der Waals surface area contributed by atoms with E-state index in [1.807, 2.05) is 29.2 Å². The topological polar surface area (TPSA) is 38.8 Å². The summed E-state index contributed by atoms with van der Waals surface area (Å²) >= 11 is 0. The summed E-state index contributed by atoms with van der Waals surface area (Å²) in [5.74, 6) is 2.57. The predicted octanol–water partition coefficient (Wildman–Crippen LogP) is 4.34. The van der Waals surface area contributed by atoms with Crippen LogP contribution in [0.2, 0.25) is 0 Å². The molecule has 0 saturated carbocycles. The molecule has 0 bridgehead atoms. The molecule has 0 atom stereocenters. The van der Waals surface area contributed by atoms with E-state index in [1.54, 1.807) is 7.11 Å². The van der Waals surface area contributed by atoms with Gasteiger partial charge in [0.15, 0.2) is 0 Å². The molecule has 1 amide bonds. The molecule has 1 aliphatic rings. The quantitative estimate of drug-likeness (QED) is 0.652. The van der Waals surface area contributed by atoms with Gasteiger partial charge in [-0.15, -0.1) is 0 Å². The lowest BCUT2D eigenvalue weighted by atomic mass is 9.90. The molecule has 2 aromatic rings. The molecule has 2 aromatic carbocycles. The zero-order valence-corrected chi connectivity index (χ0v) is 16.1. The Kier molecular flexibility index (Phi) is 7.14. The van der Waals surface area contributed by atoms with Gasteiger partial charge in [0.05, 0.1) is 13.7 Å². The van der Waals surface area contributed by atoms with Crippen LogP contribution < -0.4 is 9.47 Å². The second kappa shape index (κ2) is 10.0. The molecule has 0 unspecified atom stereocenters. The van der Waals surface area contributed by atoms with E-state index in [0.29, 0.717) is 18.9 Å². The Morgan fingerprint density at radius 2 is 1.67 bits per heavy atom. The number of carbonyl (C=O) groups excluding carboxylic acids is 1. The van der Waals surface area contributed by atoms with E-state index in [-0.39, 0.29) is 5.91 Å². The maximum Gasteiger partial charge on any atom is 0.222 e. The molecular weight excluding hydrogens is 338 g/mol. The van der Waals surface area contributed by atoms with Crippen LogP contribution in [-0.4, -0.2) is 37.6 Å². The second-order valence-electron chi connectivity index (χ2n) is 7.14. The highest BCUT2D eigenvalue weighted by Crippen LogP contribution is 2.22. The Bertz CT molecular complexity index is 691. The van der Waals surface area contributed by atoms with E-state index in [1.165, 1.54) is 5.56 Å². The van der Waals surface area contributed by atoms with Gasteiger partial charge in [0, 0.05) is 19.5 Å². The summed E-state index contributed by atoms with van der Waals surface area (Å²) in [5, 5.41) is 0. The molecule has 0 aromatic heterocycles. The Morgan fingerprint density at radius 1 is 1.00 bits per heavy atom. The Morgan fingerprint density at radius 3 is 2.33 bits per heavy atom. The number of carbonyl (C=O) groups is 1. The molecule has 0 aliphatic carbocycles. The first kappa shape index (κ1) is 19.3. The summed E-state index contributed by atoms with van der Waals surface area (Å²) in [6.07, 6.45) is 4.62. The van der Waals surface area contributed by atoms with Gasteiger partial charge in [-0.25, -0.2) is 0 Å². The number of benzene rings is 2. The van der Waals surface area contributed by atoms with Crippen molar-refractivity contribution in [3.05, 3.63) is 60.2 Å². The van der Waals surface area contributed by atoms with Crippen LogP contribution in [0.25, 0.3) is 0 Å². The van der Waals surface area contributed by atoms with Gasteiger partial charge in [0.1, 0.15) is 11.5 Å². The summed E-state index contributed by atoms with van der Waals surface area (Å²) in [4.78, 5) is 14.4. The summed E-state index contributed by atoms with van der Waals surface area (Å²) in [6.45, 7) is 2.33. The van der Waals surface area contributed by atoms with Crippen LogP contribution >= 0.6 is 0 Å². The van der Waals surface area contributed by atoms with Gasteiger partial charge in [0.25, 0.3) is 0 Å². The van der Waals surface area contributed by atoms with E-state index in [4.69, 9.17) is 9.47 Å². The molecule has 4 nitrogen and oxygen atoms in total. The number of methoxy groups -OCH3 is 1. The van der Waals surface area contributed by atoms with Crippen LogP contribution in [0.5, 0.6) is 11.5 Å². The Balaban J connectivity index is 1.32. The highest BCUT2D eigenvalue weighted by atomic mass is 16.5. The lowest BCUT2D eigenvalue weighted by Crippen LogP contribution is -2.38. The highest BCUT2D eigenvalue weighted by molar-refractivity contribution is 5.76. The van der Waals surface area contributed by atoms with Crippen LogP contribution in [0.15, 0.2) is 54.6 Å². The monoisotopic (exact) mass is 367 g/mol. The lowest BCUT2D eigenvalue weighted by Gasteiger charge is -2.32. The molecule has 27 heavy (non-hydrogen) atoms. The van der Waals surface area contributed by atoms with Gasteiger partial charge in [0.2, 0.25) is 5.91 Å². The van der Waals surface area contributed by atoms with Gasteiger partial charge in [-0.1, -0.05) is 30.3 Å². The van der Waals surface area contributed by atoms with Crippen molar-refractivity contribution in [2.45, 2.75) is 32.1 Å². The van der Waals surface area contributed by atoms with Gasteiger partial charge in [-0.05, 0) is 61.4 Å². The number of nitrogens with zero attached hydrogens (tertiary/aromatic N) is 1.